The maximum atomic E-state index is 13.1. The molecule has 0 unspecified atom stereocenters. The van der Waals surface area contributed by atoms with Gasteiger partial charge in [-0.25, -0.2) is 4.98 Å². The second-order valence-electron chi connectivity index (χ2n) is 6.48. The molecule has 7 heteroatoms. The molecule has 0 aliphatic heterocycles. The van der Waals surface area contributed by atoms with Crippen LogP contribution in [-0.4, -0.2) is 23.8 Å². The molecule has 0 fully saturated rings. The van der Waals surface area contributed by atoms with E-state index >= 15 is 0 Å². The fraction of sp³-hybridized carbons (Fsp3) is 0.333. The first-order valence-corrected chi connectivity index (χ1v) is 10.7. The maximum Gasteiger partial charge on any atom is 0.263 e. The molecule has 0 atom stereocenters. The molecule has 0 saturated carbocycles. The molecule has 0 spiro atoms. The van der Waals surface area contributed by atoms with Crippen LogP contribution in [0.15, 0.2) is 34.7 Å². The number of fused-ring (bicyclic) bond motifs is 1. The van der Waals surface area contributed by atoms with Crippen molar-refractivity contribution in [2.45, 2.75) is 38.2 Å². The van der Waals surface area contributed by atoms with Gasteiger partial charge in [-0.05, 0) is 49.6 Å². The fourth-order valence-electron chi connectivity index (χ4n) is 3.03. The summed E-state index contributed by atoms with van der Waals surface area (Å²) in [4.78, 5) is 19.8. The number of nitrogens with zero attached hydrogens (tertiary/aromatic N) is 2. The molecule has 2 heterocycles. The van der Waals surface area contributed by atoms with E-state index in [0.29, 0.717) is 29.0 Å². The molecular formula is C21H24N2O3S2. The van der Waals surface area contributed by atoms with Crippen LogP contribution in [0.4, 0.5) is 0 Å². The number of ether oxygens (including phenoxy) is 2. The first-order valence-electron chi connectivity index (χ1n) is 8.87. The van der Waals surface area contributed by atoms with Crippen LogP contribution in [-0.2, 0) is 12.3 Å². The number of methoxy groups -OCH3 is 2. The van der Waals surface area contributed by atoms with Crippen LogP contribution >= 0.6 is 23.1 Å². The molecule has 3 rings (SSSR count). The van der Waals surface area contributed by atoms with Gasteiger partial charge < -0.3 is 9.47 Å². The Morgan fingerprint density at radius 3 is 2.54 bits per heavy atom. The van der Waals surface area contributed by atoms with Crippen molar-refractivity contribution < 1.29 is 9.47 Å². The van der Waals surface area contributed by atoms with Crippen molar-refractivity contribution in [1.82, 2.24) is 9.55 Å². The summed E-state index contributed by atoms with van der Waals surface area (Å²) in [5, 5.41) is 1.42. The molecule has 0 radical (unpaired) electrons. The van der Waals surface area contributed by atoms with E-state index in [9.17, 15) is 4.79 Å². The number of allylic oxidation sites excluding steroid dienone is 1. The zero-order valence-electron chi connectivity index (χ0n) is 16.8. The molecule has 148 valence electrons. The zero-order valence-corrected chi connectivity index (χ0v) is 18.4. The predicted octanol–water partition coefficient (Wildman–Crippen LogP) is 4.88. The third-order valence-electron chi connectivity index (χ3n) is 4.76. The second kappa shape index (κ2) is 8.41. The van der Waals surface area contributed by atoms with Crippen molar-refractivity contribution >= 4 is 33.3 Å². The highest BCUT2D eigenvalue weighted by Crippen LogP contribution is 2.34. The summed E-state index contributed by atoms with van der Waals surface area (Å²) in [5.74, 6) is 2.08. The summed E-state index contributed by atoms with van der Waals surface area (Å²) in [6, 6.07) is 3.95. The van der Waals surface area contributed by atoms with Gasteiger partial charge in [-0.2, -0.15) is 0 Å². The van der Waals surface area contributed by atoms with Gasteiger partial charge in [-0.3, -0.25) is 9.36 Å². The van der Waals surface area contributed by atoms with E-state index in [1.165, 1.54) is 0 Å². The highest BCUT2D eigenvalue weighted by Gasteiger charge is 2.17. The van der Waals surface area contributed by atoms with Crippen LogP contribution in [0.25, 0.3) is 10.2 Å². The molecule has 0 saturated heterocycles. The molecule has 0 bridgehead atoms. The summed E-state index contributed by atoms with van der Waals surface area (Å²) in [6.45, 7) is 10.3. The summed E-state index contributed by atoms with van der Waals surface area (Å²) in [5.41, 5.74) is 3.23. The SMILES string of the molecule is C=CCn1c(SCc2cc(OC)c(OC)cc2C)nc2sc(C)c(C)c2c1=O. The number of thioether (sulfide) groups is 1. The van der Waals surface area contributed by atoms with Crippen LogP contribution in [0.2, 0.25) is 0 Å². The molecule has 3 aromatic rings. The third-order valence-corrected chi connectivity index (χ3v) is 6.89. The Balaban J connectivity index is 2.02. The number of aryl methyl sites for hydroxylation is 3. The van der Waals surface area contributed by atoms with E-state index in [-0.39, 0.29) is 5.56 Å². The Labute approximate surface area is 173 Å². The fourth-order valence-corrected chi connectivity index (χ4v) is 5.17. The molecular weight excluding hydrogens is 392 g/mol. The van der Waals surface area contributed by atoms with Gasteiger partial charge in [0.25, 0.3) is 5.56 Å². The van der Waals surface area contributed by atoms with E-state index in [1.807, 2.05) is 32.9 Å². The minimum absolute atomic E-state index is 0.00159. The topological polar surface area (TPSA) is 53.4 Å². The van der Waals surface area contributed by atoms with Gasteiger partial charge in [0.1, 0.15) is 4.83 Å². The number of thiophene rings is 1. The first-order chi connectivity index (χ1) is 13.4. The van der Waals surface area contributed by atoms with Crippen LogP contribution in [0, 0.1) is 20.8 Å². The Hall–Kier alpha value is -2.25. The average molecular weight is 417 g/mol. The lowest BCUT2D eigenvalue weighted by Crippen LogP contribution is -2.22. The number of hydrogen-bond acceptors (Lipinski definition) is 6. The molecule has 28 heavy (non-hydrogen) atoms. The van der Waals surface area contributed by atoms with Gasteiger partial charge in [-0.1, -0.05) is 17.8 Å². The lowest BCUT2D eigenvalue weighted by molar-refractivity contribution is 0.354. The highest BCUT2D eigenvalue weighted by atomic mass is 32.2. The van der Waals surface area contributed by atoms with Crippen molar-refractivity contribution in [2.75, 3.05) is 14.2 Å². The zero-order chi connectivity index (χ0) is 20.4. The molecule has 0 amide bonds. The summed E-state index contributed by atoms with van der Waals surface area (Å²) in [7, 11) is 3.26. The number of hydrogen-bond donors (Lipinski definition) is 0. The van der Waals surface area contributed by atoms with Gasteiger partial charge in [0, 0.05) is 17.2 Å². The monoisotopic (exact) mass is 416 g/mol. The quantitative estimate of drug-likeness (QED) is 0.312. The van der Waals surface area contributed by atoms with E-state index in [0.717, 1.165) is 31.8 Å². The second-order valence-corrected chi connectivity index (χ2v) is 8.63. The normalized spacial score (nSPS) is 11.0. The van der Waals surface area contributed by atoms with E-state index in [2.05, 4.69) is 6.58 Å². The van der Waals surface area contributed by atoms with Gasteiger partial charge in [0.05, 0.1) is 19.6 Å². The summed E-state index contributed by atoms with van der Waals surface area (Å²) >= 11 is 3.11. The Morgan fingerprint density at radius 2 is 1.89 bits per heavy atom. The minimum atomic E-state index is -0.00159. The van der Waals surface area contributed by atoms with Crippen LogP contribution < -0.4 is 15.0 Å². The molecule has 0 N–H and O–H groups in total. The van der Waals surface area contributed by atoms with E-state index in [1.54, 1.807) is 48.0 Å². The van der Waals surface area contributed by atoms with Gasteiger partial charge in [-0.15, -0.1) is 17.9 Å². The van der Waals surface area contributed by atoms with Crippen molar-refractivity contribution in [2.24, 2.45) is 0 Å². The summed E-state index contributed by atoms with van der Waals surface area (Å²) < 4.78 is 12.5. The molecule has 1 aromatic carbocycles. The number of rotatable bonds is 7. The third kappa shape index (κ3) is 3.69. The summed E-state index contributed by atoms with van der Waals surface area (Å²) in [6.07, 6.45) is 1.73. The maximum absolute atomic E-state index is 13.1. The Bertz CT molecular complexity index is 1100. The standard InChI is InChI=1S/C21H24N2O3S2/c1-7-8-23-20(24)18-13(3)14(4)28-19(18)22-21(23)27-11-15-10-17(26-6)16(25-5)9-12(15)2/h7,9-10H,1,8,11H2,2-6H3. The average Bonchev–Trinajstić information content (AvgIpc) is 2.97. The molecule has 5 nitrogen and oxygen atoms in total. The Morgan fingerprint density at radius 1 is 1.21 bits per heavy atom. The predicted molar refractivity (Wildman–Crippen MR) is 117 cm³/mol. The molecule has 2 aromatic heterocycles. The Kier molecular flexibility index (Phi) is 6.15. The van der Waals surface area contributed by atoms with Gasteiger partial charge in [0.2, 0.25) is 0 Å². The minimum Gasteiger partial charge on any atom is -0.493 e. The van der Waals surface area contributed by atoms with E-state index < -0.39 is 0 Å². The van der Waals surface area contributed by atoms with Gasteiger partial charge in [0.15, 0.2) is 16.7 Å². The lowest BCUT2D eigenvalue weighted by Gasteiger charge is -2.14. The molecule has 0 aliphatic carbocycles. The largest absolute Gasteiger partial charge is 0.493 e. The van der Waals surface area contributed by atoms with Crippen LogP contribution in [0.1, 0.15) is 21.6 Å². The van der Waals surface area contributed by atoms with Crippen LogP contribution in [0.3, 0.4) is 0 Å². The van der Waals surface area contributed by atoms with Gasteiger partial charge >= 0.3 is 0 Å². The van der Waals surface area contributed by atoms with Crippen LogP contribution in [0.5, 0.6) is 11.5 Å². The van der Waals surface area contributed by atoms with Crippen molar-refractivity contribution in [3.8, 4) is 11.5 Å². The van der Waals surface area contributed by atoms with Crippen molar-refractivity contribution in [1.29, 1.82) is 0 Å². The van der Waals surface area contributed by atoms with Crippen molar-refractivity contribution in [3.05, 3.63) is 56.7 Å². The number of aromatic nitrogens is 2. The molecule has 0 aliphatic rings. The highest BCUT2D eigenvalue weighted by molar-refractivity contribution is 7.98. The van der Waals surface area contributed by atoms with E-state index in [4.69, 9.17) is 14.5 Å². The first kappa shape index (κ1) is 20.5. The van der Waals surface area contributed by atoms with Crippen molar-refractivity contribution in [3.63, 3.8) is 0 Å². The lowest BCUT2D eigenvalue weighted by atomic mass is 10.1. The number of benzene rings is 1. The smallest absolute Gasteiger partial charge is 0.263 e.